The van der Waals surface area contributed by atoms with E-state index >= 15 is 0 Å². The number of amides is 1. The van der Waals surface area contributed by atoms with Crippen LogP contribution >= 0.6 is 0 Å². The molecule has 0 heterocycles. The van der Waals surface area contributed by atoms with Gasteiger partial charge in [0.05, 0.1) is 12.1 Å². The number of ketones is 1. The van der Waals surface area contributed by atoms with Gasteiger partial charge in [-0.05, 0) is 30.2 Å². The van der Waals surface area contributed by atoms with E-state index in [9.17, 15) is 22.8 Å². The van der Waals surface area contributed by atoms with Gasteiger partial charge in [0.25, 0.3) is 0 Å². The third-order valence-electron chi connectivity index (χ3n) is 4.19. The molecule has 0 fully saturated rings. The normalized spacial score (nSPS) is 10.8. The molecule has 152 valence electrons. The molecule has 0 aliphatic carbocycles. The lowest BCUT2D eigenvalue weighted by atomic mass is 10.0. The molecule has 0 radical (unpaired) electrons. The maximum Gasteiger partial charge on any atom is 0.416 e. The number of hydrogen-bond acceptors (Lipinski definition) is 2. The van der Waals surface area contributed by atoms with Crippen LogP contribution in [0.2, 0.25) is 0 Å². The van der Waals surface area contributed by atoms with E-state index in [1.807, 2.05) is 12.1 Å². The van der Waals surface area contributed by atoms with Gasteiger partial charge in [-0.15, -0.1) is 0 Å². The van der Waals surface area contributed by atoms with Gasteiger partial charge in [-0.1, -0.05) is 55.5 Å². The van der Waals surface area contributed by atoms with Gasteiger partial charge in [-0.25, -0.2) is 0 Å². The van der Waals surface area contributed by atoms with Crippen LogP contribution in [0.5, 0.6) is 0 Å². The molecule has 0 aliphatic rings. The van der Waals surface area contributed by atoms with Crippen molar-refractivity contribution in [2.24, 2.45) is 0 Å². The second kappa shape index (κ2) is 10.5. The molecule has 0 unspecified atom stereocenters. The molecule has 6 heteroatoms. The Bertz CT molecular complexity index is 906. The number of halogens is 3. The van der Waals surface area contributed by atoms with Gasteiger partial charge in [0.1, 0.15) is 0 Å². The molecule has 2 aromatic carbocycles. The summed E-state index contributed by atoms with van der Waals surface area (Å²) in [5.74, 6) is 4.75. The van der Waals surface area contributed by atoms with Crippen molar-refractivity contribution < 1.29 is 22.8 Å². The van der Waals surface area contributed by atoms with Crippen LogP contribution < -0.4 is 5.32 Å². The molecule has 0 saturated carbocycles. The predicted octanol–water partition coefficient (Wildman–Crippen LogP) is 4.79. The van der Waals surface area contributed by atoms with Crippen molar-refractivity contribution in [1.29, 1.82) is 0 Å². The van der Waals surface area contributed by atoms with Crippen molar-refractivity contribution in [3.05, 3.63) is 70.8 Å². The van der Waals surface area contributed by atoms with Crippen LogP contribution in [0.3, 0.4) is 0 Å². The lowest BCUT2D eigenvalue weighted by molar-refractivity contribution is -0.137. The number of alkyl halides is 3. The molecule has 3 nitrogen and oxygen atoms in total. The topological polar surface area (TPSA) is 46.2 Å². The van der Waals surface area contributed by atoms with Gasteiger partial charge >= 0.3 is 6.18 Å². The van der Waals surface area contributed by atoms with Crippen molar-refractivity contribution in [2.45, 2.75) is 38.8 Å². The summed E-state index contributed by atoms with van der Waals surface area (Å²) in [6, 6.07) is 12.1. The Morgan fingerprint density at radius 3 is 2.41 bits per heavy atom. The van der Waals surface area contributed by atoms with Crippen LogP contribution in [-0.4, -0.2) is 18.2 Å². The van der Waals surface area contributed by atoms with Gasteiger partial charge < -0.3 is 5.32 Å². The molecule has 1 N–H and O–H groups in total. The van der Waals surface area contributed by atoms with Gasteiger partial charge in [0.15, 0.2) is 5.78 Å². The van der Waals surface area contributed by atoms with E-state index in [0.29, 0.717) is 5.56 Å². The molecule has 0 spiro atoms. The molecule has 0 aromatic heterocycles. The Hall–Kier alpha value is -3.07. The van der Waals surface area contributed by atoms with Gasteiger partial charge in [-0.3, -0.25) is 9.59 Å². The number of benzene rings is 2. The smallest absolute Gasteiger partial charge is 0.345 e. The largest absolute Gasteiger partial charge is 0.416 e. The Kier molecular flexibility index (Phi) is 8.02. The molecular weight excluding hydrogens is 379 g/mol. The lowest BCUT2D eigenvalue weighted by Gasteiger charge is -2.05. The van der Waals surface area contributed by atoms with E-state index < -0.39 is 11.7 Å². The Labute approximate surface area is 168 Å². The van der Waals surface area contributed by atoms with Gasteiger partial charge in [0.2, 0.25) is 5.91 Å². The fraction of sp³-hybridized carbons (Fsp3) is 0.304. The maximum atomic E-state index is 12.7. The van der Waals surface area contributed by atoms with Gasteiger partial charge in [-0.2, -0.15) is 13.2 Å². The van der Waals surface area contributed by atoms with Crippen molar-refractivity contribution in [2.75, 3.05) is 6.54 Å². The first kappa shape index (κ1) is 22.2. The van der Waals surface area contributed by atoms with E-state index in [-0.39, 0.29) is 36.6 Å². The van der Waals surface area contributed by atoms with Crippen LogP contribution in [0.1, 0.15) is 53.2 Å². The first-order valence-corrected chi connectivity index (χ1v) is 9.34. The molecule has 0 bridgehead atoms. The van der Waals surface area contributed by atoms with Crippen molar-refractivity contribution >= 4 is 11.7 Å². The minimum absolute atomic E-state index is 0.00498. The van der Waals surface area contributed by atoms with Crippen LogP contribution in [0.15, 0.2) is 48.5 Å². The highest BCUT2D eigenvalue weighted by atomic mass is 19.4. The number of Topliss-reactive ketones (excluding diaryl/α,β-unsaturated/α-hetero) is 1. The number of aryl methyl sites for hydroxylation is 1. The zero-order chi connectivity index (χ0) is 21.3. The molecule has 0 aliphatic heterocycles. The standard InChI is InChI=1S/C23H22F3NO2/c1-2-5-17-9-11-19(12-10-17)21(28)13-14-22(29)27-15-4-7-18-6-3-8-20(16-18)23(24,25)26/h3,6,8-12,16H,2,5,13-15H2,1H3,(H,27,29). The second-order valence-corrected chi connectivity index (χ2v) is 6.53. The molecule has 0 atom stereocenters. The number of carbonyl (C=O) groups excluding carboxylic acids is 2. The summed E-state index contributed by atoms with van der Waals surface area (Å²) >= 11 is 0. The van der Waals surface area contributed by atoms with Crippen molar-refractivity contribution in [3.63, 3.8) is 0 Å². The highest BCUT2D eigenvalue weighted by Crippen LogP contribution is 2.29. The molecule has 0 saturated heterocycles. The third-order valence-corrected chi connectivity index (χ3v) is 4.19. The first-order chi connectivity index (χ1) is 13.8. The Morgan fingerprint density at radius 1 is 1.03 bits per heavy atom. The van der Waals surface area contributed by atoms with Crippen LogP contribution in [0.25, 0.3) is 0 Å². The van der Waals surface area contributed by atoms with Crippen LogP contribution in [0, 0.1) is 11.8 Å². The summed E-state index contributed by atoms with van der Waals surface area (Å²) in [5.41, 5.74) is 1.19. The summed E-state index contributed by atoms with van der Waals surface area (Å²) < 4.78 is 38.0. The minimum atomic E-state index is -4.42. The summed E-state index contributed by atoms with van der Waals surface area (Å²) in [5, 5.41) is 2.54. The van der Waals surface area contributed by atoms with Crippen LogP contribution in [-0.2, 0) is 17.4 Å². The first-order valence-electron chi connectivity index (χ1n) is 9.34. The Balaban J connectivity index is 1.78. The maximum absolute atomic E-state index is 12.7. The van der Waals surface area contributed by atoms with E-state index in [4.69, 9.17) is 0 Å². The lowest BCUT2D eigenvalue weighted by Crippen LogP contribution is -2.24. The summed E-state index contributed by atoms with van der Waals surface area (Å²) in [4.78, 5) is 24.0. The predicted molar refractivity (Wildman–Crippen MR) is 105 cm³/mol. The average Bonchev–Trinajstić information content (AvgIpc) is 2.70. The van der Waals surface area contributed by atoms with Crippen LogP contribution in [0.4, 0.5) is 13.2 Å². The summed E-state index contributed by atoms with van der Waals surface area (Å²) in [6.45, 7) is 2.08. The van der Waals surface area contributed by atoms with Crippen molar-refractivity contribution in [1.82, 2.24) is 5.32 Å². The molecular formula is C23H22F3NO2. The van der Waals surface area contributed by atoms with Crippen molar-refractivity contribution in [3.8, 4) is 11.8 Å². The quantitative estimate of drug-likeness (QED) is 0.536. The average molecular weight is 401 g/mol. The molecule has 2 rings (SSSR count). The fourth-order valence-corrected chi connectivity index (χ4v) is 2.67. The molecule has 2 aromatic rings. The third kappa shape index (κ3) is 7.46. The summed E-state index contributed by atoms with van der Waals surface area (Å²) in [6.07, 6.45) is -2.32. The highest BCUT2D eigenvalue weighted by Gasteiger charge is 2.30. The Morgan fingerprint density at radius 2 is 1.76 bits per heavy atom. The SMILES string of the molecule is CCCc1ccc(C(=O)CCC(=O)NCC#Cc2cccc(C(F)(F)F)c2)cc1. The highest BCUT2D eigenvalue weighted by molar-refractivity contribution is 5.98. The monoisotopic (exact) mass is 401 g/mol. The van der Waals surface area contributed by atoms with E-state index in [1.165, 1.54) is 17.7 Å². The van der Waals surface area contributed by atoms with E-state index in [0.717, 1.165) is 25.0 Å². The van der Waals surface area contributed by atoms with E-state index in [1.54, 1.807) is 12.1 Å². The number of carbonyl (C=O) groups is 2. The molecule has 29 heavy (non-hydrogen) atoms. The fourth-order valence-electron chi connectivity index (χ4n) is 2.67. The van der Waals surface area contributed by atoms with E-state index in [2.05, 4.69) is 24.1 Å². The minimum Gasteiger partial charge on any atom is -0.345 e. The zero-order valence-electron chi connectivity index (χ0n) is 16.1. The zero-order valence-corrected chi connectivity index (χ0v) is 16.1. The van der Waals surface area contributed by atoms with Gasteiger partial charge in [0, 0.05) is 24.0 Å². The molecule has 1 amide bonds. The number of hydrogen-bond donors (Lipinski definition) is 1. The number of nitrogens with one attached hydrogen (secondary N) is 1. The number of rotatable bonds is 7. The summed E-state index contributed by atoms with van der Waals surface area (Å²) in [7, 11) is 0. The second-order valence-electron chi connectivity index (χ2n) is 6.53.